The maximum absolute atomic E-state index is 12.5. The maximum Gasteiger partial charge on any atom is 0.223 e. The molecule has 3 heterocycles. The lowest BCUT2D eigenvalue weighted by atomic mass is 9.99. The van der Waals surface area contributed by atoms with Crippen molar-refractivity contribution < 1.29 is 9.53 Å². The Morgan fingerprint density at radius 1 is 1.07 bits per heavy atom. The smallest absolute Gasteiger partial charge is 0.223 e. The number of rotatable bonds is 4. The molecule has 1 fully saturated rings. The van der Waals surface area contributed by atoms with E-state index >= 15 is 0 Å². The molecule has 1 amide bonds. The predicted octanol–water partition coefficient (Wildman–Crippen LogP) is 3.14. The van der Waals surface area contributed by atoms with Crippen LogP contribution in [0.1, 0.15) is 28.9 Å². The lowest BCUT2D eigenvalue weighted by Gasteiger charge is -2.27. The Labute approximate surface area is 165 Å². The molecule has 0 radical (unpaired) electrons. The van der Waals surface area contributed by atoms with Gasteiger partial charge in [0.25, 0.3) is 0 Å². The average Bonchev–Trinajstić information content (AvgIpc) is 3.05. The number of hydrogen-bond donors (Lipinski definition) is 0. The molecule has 146 valence electrons. The molecule has 0 aliphatic carbocycles. The molecule has 0 unspecified atom stereocenters. The number of fused-ring (bicyclic) bond motifs is 1. The molecule has 4 rings (SSSR count). The van der Waals surface area contributed by atoms with Crippen molar-refractivity contribution >= 4 is 16.9 Å². The van der Waals surface area contributed by atoms with Gasteiger partial charge < -0.3 is 9.64 Å². The van der Waals surface area contributed by atoms with Gasteiger partial charge in [0.2, 0.25) is 5.91 Å². The van der Waals surface area contributed by atoms with Crippen molar-refractivity contribution in [3.63, 3.8) is 0 Å². The zero-order chi connectivity index (χ0) is 19.7. The second kappa shape index (κ2) is 7.72. The zero-order valence-corrected chi connectivity index (χ0v) is 16.7. The van der Waals surface area contributed by atoms with Gasteiger partial charge in [-0.15, -0.1) is 0 Å². The largest absolute Gasteiger partial charge is 0.378 e. The first-order valence-electron chi connectivity index (χ1n) is 9.82. The molecule has 6 heteroatoms. The van der Waals surface area contributed by atoms with Crippen LogP contribution in [-0.2, 0) is 16.0 Å². The van der Waals surface area contributed by atoms with Crippen molar-refractivity contribution in [1.29, 1.82) is 0 Å². The van der Waals surface area contributed by atoms with Gasteiger partial charge in [-0.3, -0.25) is 4.79 Å². The molecule has 1 aromatic carbocycles. The number of benzene rings is 1. The highest BCUT2D eigenvalue weighted by Gasteiger charge is 2.20. The Hall–Kier alpha value is -2.73. The normalized spacial score (nSPS) is 14.6. The number of para-hydroxylation sites is 1. The topological polar surface area (TPSA) is 60.2 Å². The summed E-state index contributed by atoms with van der Waals surface area (Å²) in [6, 6.07) is 10.1. The fourth-order valence-corrected chi connectivity index (χ4v) is 4.03. The minimum atomic E-state index is 0.193. The van der Waals surface area contributed by atoms with E-state index in [0.717, 1.165) is 33.7 Å². The van der Waals surface area contributed by atoms with Crippen molar-refractivity contribution in [3.05, 3.63) is 52.8 Å². The molecule has 0 saturated carbocycles. The maximum atomic E-state index is 12.5. The van der Waals surface area contributed by atoms with Crippen molar-refractivity contribution in [2.75, 3.05) is 26.3 Å². The van der Waals surface area contributed by atoms with Crippen LogP contribution in [0.4, 0.5) is 0 Å². The van der Waals surface area contributed by atoms with E-state index in [1.807, 2.05) is 53.8 Å². The SMILES string of the molecule is Cc1nc2c(c(C)nn2-c2ccccc2)c(C)c1CCC(=O)N1CCOCC1. The second-order valence-corrected chi connectivity index (χ2v) is 7.33. The number of nitrogens with zero attached hydrogens (tertiary/aromatic N) is 4. The summed E-state index contributed by atoms with van der Waals surface area (Å²) >= 11 is 0. The van der Waals surface area contributed by atoms with Gasteiger partial charge in [-0.25, -0.2) is 9.67 Å². The standard InChI is InChI=1S/C22H26N4O2/c1-15-19(9-10-20(27)25-11-13-28-14-12-25)16(2)23-22-21(15)17(3)24-26(22)18-7-5-4-6-8-18/h4-8H,9-14H2,1-3H3. The molecule has 3 aromatic rings. The first kappa shape index (κ1) is 18.6. The fraction of sp³-hybridized carbons (Fsp3) is 0.409. The van der Waals surface area contributed by atoms with Gasteiger partial charge in [-0.05, 0) is 50.5 Å². The van der Waals surface area contributed by atoms with Crippen LogP contribution in [0, 0.1) is 20.8 Å². The van der Waals surface area contributed by atoms with Crippen molar-refractivity contribution in [3.8, 4) is 5.69 Å². The molecule has 1 saturated heterocycles. The monoisotopic (exact) mass is 378 g/mol. The summed E-state index contributed by atoms with van der Waals surface area (Å²) in [4.78, 5) is 19.3. The molecule has 2 aromatic heterocycles. The number of hydrogen-bond acceptors (Lipinski definition) is 4. The Balaban J connectivity index is 1.65. The first-order valence-corrected chi connectivity index (χ1v) is 9.82. The van der Waals surface area contributed by atoms with E-state index in [2.05, 4.69) is 6.92 Å². The Morgan fingerprint density at radius 3 is 2.50 bits per heavy atom. The quantitative estimate of drug-likeness (QED) is 0.700. The van der Waals surface area contributed by atoms with Gasteiger partial charge in [0.15, 0.2) is 5.65 Å². The third-order valence-corrected chi connectivity index (χ3v) is 5.53. The van der Waals surface area contributed by atoms with Crippen LogP contribution in [0.2, 0.25) is 0 Å². The highest BCUT2D eigenvalue weighted by atomic mass is 16.5. The summed E-state index contributed by atoms with van der Waals surface area (Å²) in [5.74, 6) is 0.193. The number of amides is 1. The summed E-state index contributed by atoms with van der Waals surface area (Å²) in [7, 11) is 0. The van der Waals surface area contributed by atoms with E-state index in [0.29, 0.717) is 39.1 Å². The highest BCUT2D eigenvalue weighted by Crippen LogP contribution is 2.28. The number of ether oxygens (including phenoxy) is 1. The summed E-state index contributed by atoms with van der Waals surface area (Å²) in [6.45, 7) is 8.82. The van der Waals surface area contributed by atoms with Crippen molar-refractivity contribution in [1.82, 2.24) is 19.7 Å². The summed E-state index contributed by atoms with van der Waals surface area (Å²) in [6.07, 6.45) is 1.20. The predicted molar refractivity (Wildman–Crippen MR) is 109 cm³/mol. The van der Waals surface area contributed by atoms with Crippen LogP contribution in [0.3, 0.4) is 0 Å². The Morgan fingerprint density at radius 2 is 1.79 bits per heavy atom. The second-order valence-electron chi connectivity index (χ2n) is 7.33. The van der Waals surface area contributed by atoms with Crippen molar-refractivity contribution in [2.45, 2.75) is 33.6 Å². The van der Waals surface area contributed by atoms with Gasteiger partial charge in [0.05, 0.1) is 24.6 Å². The van der Waals surface area contributed by atoms with Crippen LogP contribution in [0.5, 0.6) is 0 Å². The number of morpholine rings is 1. The van der Waals surface area contributed by atoms with E-state index in [1.54, 1.807) is 0 Å². The molecule has 0 bridgehead atoms. The minimum absolute atomic E-state index is 0.193. The van der Waals surface area contributed by atoms with E-state index in [9.17, 15) is 4.79 Å². The molecular formula is C22H26N4O2. The Kier molecular flexibility index (Phi) is 5.13. The van der Waals surface area contributed by atoms with Gasteiger partial charge in [0, 0.05) is 30.6 Å². The summed E-state index contributed by atoms with van der Waals surface area (Å²) in [5, 5.41) is 5.82. The van der Waals surface area contributed by atoms with Crippen molar-refractivity contribution in [2.24, 2.45) is 0 Å². The molecule has 1 aliphatic rings. The Bertz CT molecular complexity index is 1000. The highest BCUT2D eigenvalue weighted by molar-refractivity contribution is 5.85. The third kappa shape index (κ3) is 3.40. The van der Waals surface area contributed by atoms with Crippen LogP contribution >= 0.6 is 0 Å². The van der Waals surface area contributed by atoms with Gasteiger partial charge in [-0.1, -0.05) is 18.2 Å². The fourth-order valence-electron chi connectivity index (χ4n) is 4.03. The average molecular weight is 378 g/mol. The number of carbonyl (C=O) groups excluding carboxylic acids is 1. The molecule has 28 heavy (non-hydrogen) atoms. The van der Waals surface area contributed by atoms with Gasteiger partial charge >= 0.3 is 0 Å². The van der Waals surface area contributed by atoms with Crippen LogP contribution in [0.25, 0.3) is 16.7 Å². The van der Waals surface area contributed by atoms with Gasteiger partial charge in [0.1, 0.15) is 0 Å². The minimum Gasteiger partial charge on any atom is -0.378 e. The number of carbonyl (C=O) groups is 1. The molecule has 0 N–H and O–H groups in total. The van der Waals surface area contributed by atoms with Gasteiger partial charge in [-0.2, -0.15) is 5.10 Å². The van der Waals surface area contributed by atoms with Crippen LogP contribution in [0.15, 0.2) is 30.3 Å². The molecule has 6 nitrogen and oxygen atoms in total. The molecule has 0 atom stereocenters. The first-order chi connectivity index (χ1) is 13.6. The van der Waals surface area contributed by atoms with Crippen LogP contribution in [-0.4, -0.2) is 51.9 Å². The lowest BCUT2D eigenvalue weighted by Crippen LogP contribution is -2.40. The van der Waals surface area contributed by atoms with E-state index in [-0.39, 0.29) is 5.91 Å². The van der Waals surface area contributed by atoms with E-state index in [1.165, 1.54) is 5.56 Å². The van der Waals surface area contributed by atoms with E-state index < -0.39 is 0 Å². The lowest BCUT2D eigenvalue weighted by molar-refractivity contribution is -0.135. The molecule has 1 aliphatic heterocycles. The van der Waals surface area contributed by atoms with E-state index in [4.69, 9.17) is 14.8 Å². The summed E-state index contributed by atoms with van der Waals surface area (Å²) < 4.78 is 7.25. The zero-order valence-electron chi connectivity index (χ0n) is 16.7. The number of pyridine rings is 1. The molecular weight excluding hydrogens is 352 g/mol. The number of aryl methyl sites for hydroxylation is 3. The number of aromatic nitrogens is 3. The van der Waals surface area contributed by atoms with Crippen LogP contribution < -0.4 is 0 Å². The third-order valence-electron chi connectivity index (χ3n) is 5.53. The summed E-state index contributed by atoms with van der Waals surface area (Å²) in [5.41, 5.74) is 6.15. The molecule has 0 spiro atoms.